The van der Waals surface area contributed by atoms with Gasteiger partial charge in [-0.15, -0.1) is 0 Å². The van der Waals surface area contributed by atoms with Crippen LogP contribution in [0, 0.1) is 10.1 Å². The van der Waals surface area contributed by atoms with Crippen molar-refractivity contribution >= 4 is 34.2 Å². The summed E-state index contributed by atoms with van der Waals surface area (Å²) in [6, 6.07) is 3.08. The maximum atomic E-state index is 11.2. The number of hydrogen-bond acceptors (Lipinski definition) is 3. The largest absolute Gasteiger partial charge is 0.481 e. The fraction of sp³-hybridized carbons (Fsp3) is 0.250. The minimum Gasteiger partial charge on any atom is -0.481 e. The van der Waals surface area contributed by atoms with Crippen LogP contribution in [-0.4, -0.2) is 20.6 Å². The average molecular weight is 283 g/mol. The van der Waals surface area contributed by atoms with Crippen molar-refractivity contribution in [3.8, 4) is 0 Å². The fourth-order valence-corrected chi connectivity index (χ4v) is 2.34. The summed E-state index contributed by atoms with van der Waals surface area (Å²) < 4.78 is 1.66. The van der Waals surface area contributed by atoms with E-state index >= 15 is 0 Å². The van der Waals surface area contributed by atoms with Gasteiger partial charge in [0.2, 0.25) is 0 Å². The van der Waals surface area contributed by atoms with E-state index in [1.165, 1.54) is 13.0 Å². The number of nitro groups is 1. The lowest BCUT2D eigenvalue weighted by molar-refractivity contribution is -0.382. The highest BCUT2D eigenvalue weighted by Gasteiger charge is 2.27. The number of aliphatic carboxylic acids is 1. The van der Waals surface area contributed by atoms with Crippen LogP contribution in [-0.2, 0) is 11.8 Å². The van der Waals surface area contributed by atoms with E-state index in [-0.39, 0.29) is 16.1 Å². The standard InChI is InChI=1S/C12H11ClN2O4/c1-6(12(16)17)7-5-14(2)9-4-3-8(13)11(10(7)9)15(18)19/h3-6H,1-2H3,(H,16,17). The minimum atomic E-state index is -1.04. The lowest BCUT2D eigenvalue weighted by Crippen LogP contribution is -2.07. The molecule has 0 bridgehead atoms. The monoisotopic (exact) mass is 282 g/mol. The molecule has 0 aliphatic carbocycles. The van der Waals surface area contributed by atoms with E-state index in [4.69, 9.17) is 16.7 Å². The van der Waals surface area contributed by atoms with Gasteiger partial charge >= 0.3 is 5.97 Å². The molecule has 0 aliphatic heterocycles. The molecule has 2 rings (SSSR count). The molecule has 6 nitrogen and oxygen atoms in total. The molecule has 2 aromatic rings. The van der Waals surface area contributed by atoms with Crippen molar-refractivity contribution in [3.05, 3.63) is 39.0 Å². The first-order chi connectivity index (χ1) is 8.84. The number of halogens is 1. The summed E-state index contributed by atoms with van der Waals surface area (Å²) in [4.78, 5) is 21.7. The van der Waals surface area contributed by atoms with Gasteiger partial charge in [-0.3, -0.25) is 14.9 Å². The first kappa shape index (κ1) is 13.4. The first-order valence-corrected chi connectivity index (χ1v) is 5.87. The molecule has 1 aromatic carbocycles. The van der Waals surface area contributed by atoms with Gasteiger partial charge in [0.1, 0.15) is 5.02 Å². The molecule has 0 radical (unpaired) electrons. The highest BCUT2D eigenvalue weighted by Crippen LogP contribution is 2.38. The van der Waals surface area contributed by atoms with Crippen LogP contribution in [0.2, 0.25) is 5.02 Å². The van der Waals surface area contributed by atoms with E-state index in [0.29, 0.717) is 11.1 Å². The van der Waals surface area contributed by atoms with Gasteiger partial charge in [0.15, 0.2) is 0 Å². The van der Waals surface area contributed by atoms with E-state index in [1.54, 1.807) is 23.9 Å². The SMILES string of the molecule is CC(C(=O)O)c1cn(C)c2ccc(Cl)c([N+](=O)[O-])c12. The Morgan fingerprint density at radius 3 is 2.68 bits per heavy atom. The zero-order valence-electron chi connectivity index (χ0n) is 10.3. The van der Waals surface area contributed by atoms with Crippen molar-refractivity contribution in [2.75, 3.05) is 0 Å². The predicted octanol–water partition coefficient (Wildman–Crippen LogP) is 2.93. The molecule has 1 unspecified atom stereocenters. The van der Waals surface area contributed by atoms with Gasteiger partial charge in [-0.2, -0.15) is 0 Å². The van der Waals surface area contributed by atoms with Gasteiger partial charge in [-0.1, -0.05) is 11.6 Å². The molecule has 1 aromatic heterocycles. The molecule has 0 spiro atoms. The number of hydrogen-bond donors (Lipinski definition) is 1. The van der Waals surface area contributed by atoms with Gasteiger partial charge in [0.05, 0.1) is 21.7 Å². The van der Waals surface area contributed by atoms with Crippen molar-refractivity contribution in [3.63, 3.8) is 0 Å². The van der Waals surface area contributed by atoms with E-state index in [9.17, 15) is 14.9 Å². The van der Waals surface area contributed by atoms with Gasteiger partial charge in [-0.25, -0.2) is 0 Å². The quantitative estimate of drug-likeness (QED) is 0.693. The second-order valence-electron chi connectivity index (χ2n) is 4.30. The Balaban J connectivity index is 2.90. The van der Waals surface area contributed by atoms with Gasteiger partial charge in [-0.05, 0) is 24.6 Å². The van der Waals surface area contributed by atoms with Crippen LogP contribution >= 0.6 is 11.6 Å². The molecular formula is C12H11ClN2O4. The third kappa shape index (κ3) is 2.04. The average Bonchev–Trinajstić information content (AvgIpc) is 2.65. The third-order valence-electron chi connectivity index (χ3n) is 3.13. The van der Waals surface area contributed by atoms with E-state index < -0.39 is 16.8 Å². The summed E-state index contributed by atoms with van der Waals surface area (Å²) in [5, 5.41) is 20.5. The molecule has 1 atom stereocenters. The Bertz CT molecular complexity index is 693. The van der Waals surface area contributed by atoms with Crippen LogP contribution in [0.4, 0.5) is 5.69 Å². The van der Waals surface area contributed by atoms with E-state index in [0.717, 1.165) is 0 Å². The summed E-state index contributed by atoms with van der Waals surface area (Å²) >= 11 is 5.87. The normalized spacial score (nSPS) is 12.6. The maximum Gasteiger partial charge on any atom is 0.310 e. The van der Waals surface area contributed by atoms with Crippen molar-refractivity contribution in [1.82, 2.24) is 4.57 Å². The van der Waals surface area contributed by atoms with Crippen molar-refractivity contribution in [2.45, 2.75) is 12.8 Å². The summed E-state index contributed by atoms with van der Waals surface area (Å²) in [5.41, 5.74) is 0.723. The Labute approximate surface area is 113 Å². The topological polar surface area (TPSA) is 85.4 Å². The van der Waals surface area contributed by atoms with E-state index in [2.05, 4.69) is 0 Å². The Morgan fingerprint density at radius 2 is 2.16 bits per heavy atom. The second kappa shape index (κ2) is 4.55. The lowest BCUT2D eigenvalue weighted by Gasteiger charge is -2.05. The molecule has 0 saturated carbocycles. The highest BCUT2D eigenvalue weighted by atomic mass is 35.5. The summed E-state index contributed by atoms with van der Waals surface area (Å²) in [5.74, 6) is -1.89. The van der Waals surface area contributed by atoms with Gasteiger partial charge < -0.3 is 9.67 Å². The number of benzene rings is 1. The number of aryl methyl sites for hydroxylation is 1. The molecule has 100 valence electrons. The number of aromatic nitrogens is 1. The van der Waals surface area contributed by atoms with Crippen LogP contribution in [0.5, 0.6) is 0 Å². The summed E-state index contributed by atoms with van der Waals surface area (Å²) in [6.07, 6.45) is 1.59. The first-order valence-electron chi connectivity index (χ1n) is 5.49. The smallest absolute Gasteiger partial charge is 0.310 e. The third-order valence-corrected chi connectivity index (χ3v) is 3.43. The van der Waals surface area contributed by atoms with Crippen LogP contribution in [0.15, 0.2) is 18.3 Å². The Hall–Kier alpha value is -2.08. The van der Waals surface area contributed by atoms with Crippen molar-refractivity contribution in [2.24, 2.45) is 7.05 Å². The molecule has 1 N–H and O–H groups in total. The molecule has 1 heterocycles. The molecule has 0 saturated heterocycles. The number of nitrogens with zero attached hydrogens (tertiary/aromatic N) is 2. The zero-order chi connectivity index (χ0) is 14.3. The van der Waals surface area contributed by atoms with Crippen LogP contribution in [0.3, 0.4) is 0 Å². The van der Waals surface area contributed by atoms with Crippen molar-refractivity contribution in [1.29, 1.82) is 0 Å². The fourth-order valence-electron chi connectivity index (χ4n) is 2.12. The summed E-state index contributed by atoms with van der Waals surface area (Å²) in [7, 11) is 1.71. The highest BCUT2D eigenvalue weighted by molar-refractivity contribution is 6.34. The molecule has 0 aliphatic rings. The van der Waals surface area contributed by atoms with Gasteiger partial charge in [0.25, 0.3) is 5.69 Å². The van der Waals surface area contributed by atoms with Crippen LogP contribution in [0.25, 0.3) is 10.9 Å². The lowest BCUT2D eigenvalue weighted by atomic mass is 10.00. The van der Waals surface area contributed by atoms with Crippen molar-refractivity contribution < 1.29 is 14.8 Å². The van der Waals surface area contributed by atoms with Gasteiger partial charge in [0, 0.05) is 13.2 Å². The zero-order valence-corrected chi connectivity index (χ0v) is 11.0. The molecule has 7 heteroatoms. The number of rotatable bonds is 3. The molecular weight excluding hydrogens is 272 g/mol. The summed E-state index contributed by atoms with van der Waals surface area (Å²) in [6.45, 7) is 1.49. The van der Waals surface area contributed by atoms with Crippen LogP contribution < -0.4 is 0 Å². The Morgan fingerprint density at radius 1 is 1.53 bits per heavy atom. The minimum absolute atomic E-state index is 0.00235. The number of carboxylic acid groups (broad SMARTS) is 1. The number of fused-ring (bicyclic) bond motifs is 1. The van der Waals surface area contributed by atoms with Crippen LogP contribution in [0.1, 0.15) is 18.4 Å². The Kier molecular flexibility index (Phi) is 3.20. The number of carbonyl (C=O) groups is 1. The van der Waals surface area contributed by atoms with E-state index in [1.807, 2.05) is 0 Å². The second-order valence-corrected chi connectivity index (χ2v) is 4.71. The predicted molar refractivity (Wildman–Crippen MR) is 70.6 cm³/mol. The number of nitro benzene ring substituents is 1. The number of carboxylic acids is 1. The molecule has 0 fully saturated rings. The molecule has 19 heavy (non-hydrogen) atoms. The maximum absolute atomic E-state index is 11.2. The molecule has 0 amide bonds.